The van der Waals surface area contributed by atoms with Crippen molar-refractivity contribution in [3.63, 3.8) is 0 Å². The van der Waals surface area contributed by atoms with Crippen molar-refractivity contribution >= 4 is 44.2 Å². The minimum atomic E-state index is -0.246. The van der Waals surface area contributed by atoms with E-state index in [1.807, 2.05) is 20.8 Å². The summed E-state index contributed by atoms with van der Waals surface area (Å²) in [5.41, 5.74) is 1.02. The molecule has 1 fully saturated rings. The van der Waals surface area contributed by atoms with Crippen molar-refractivity contribution in [1.82, 2.24) is 4.98 Å². The summed E-state index contributed by atoms with van der Waals surface area (Å²) in [7, 11) is 1.58. The van der Waals surface area contributed by atoms with Crippen LogP contribution < -0.4 is 23.8 Å². The van der Waals surface area contributed by atoms with Crippen LogP contribution >= 0.6 is 22.9 Å². The molecule has 2 heterocycles. The number of fused-ring (bicyclic) bond motifs is 1. The Morgan fingerprint density at radius 2 is 1.81 bits per heavy atom. The summed E-state index contributed by atoms with van der Waals surface area (Å²) in [5.74, 6) is 1.75. The number of amides is 1. The lowest BCUT2D eigenvalue weighted by Gasteiger charge is -2.24. The molecular formula is C26H31ClN2O6S. The number of benzene rings is 2. The van der Waals surface area contributed by atoms with E-state index in [4.69, 9.17) is 40.3 Å². The number of rotatable bonds is 11. The molecule has 1 amide bonds. The zero-order chi connectivity index (χ0) is 25.7. The van der Waals surface area contributed by atoms with Gasteiger partial charge in [0.2, 0.25) is 5.75 Å². The highest BCUT2D eigenvalue weighted by Crippen LogP contribution is 2.42. The summed E-state index contributed by atoms with van der Waals surface area (Å²) in [6, 6.07) is 6.94. The fourth-order valence-corrected chi connectivity index (χ4v) is 5.39. The third-order valence-corrected chi connectivity index (χ3v) is 7.25. The number of nitrogens with zero attached hydrogens (tertiary/aromatic N) is 2. The van der Waals surface area contributed by atoms with Crippen LogP contribution in [0.3, 0.4) is 0 Å². The lowest BCUT2D eigenvalue weighted by atomic mass is 10.1. The van der Waals surface area contributed by atoms with Crippen LogP contribution in [0.25, 0.3) is 10.2 Å². The first-order valence-corrected chi connectivity index (χ1v) is 13.3. The van der Waals surface area contributed by atoms with Gasteiger partial charge in [-0.25, -0.2) is 4.98 Å². The van der Waals surface area contributed by atoms with E-state index in [1.165, 1.54) is 11.3 Å². The molecular weight excluding hydrogens is 504 g/mol. The first kappa shape index (κ1) is 26.3. The second-order valence-corrected chi connectivity index (χ2v) is 9.46. The number of halogens is 1. The van der Waals surface area contributed by atoms with Crippen molar-refractivity contribution < 1.29 is 28.5 Å². The van der Waals surface area contributed by atoms with E-state index in [0.717, 1.165) is 17.5 Å². The predicted molar refractivity (Wildman–Crippen MR) is 142 cm³/mol. The molecule has 8 nitrogen and oxygen atoms in total. The van der Waals surface area contributed by atoms with E-state index in [1.54, 1.807) is 36.3 Å². The van der Waals surface area contributed by atoms with Crippen LogP contribution in [0.4, 0.5) is 5.13 Å². The first-order valence-electron chi connectivity index (χ1n) is 12.1. The number of methoxy groups -OCH3 is 1. The van der Waals surface area contributed by atoms with E-state index in [-0.39, 0.29) is 12.0 Å². The van der Waals surface area contributed by atoms with E-state index < -0.39 is 0 Å². The third-order valence-electron chi connectivity index (χ3n) is 5.71. The van der Waals surface area contributed by atoms with Crippen LogP contribution in [0, 0.1) is 0 Å². The zero-order valence-electron chi connectivity index (χ0n) is 21.0. The van der Waals surface area contributed by atoms with Crippen molar-refractivity contribution in [2.24, 2.45) is 0 Å². The highest BCUT2D eigenvalue weighted by Gasteiger charge is 2.29. The van der Waals surface area contributed by atoms with Gasteiger partial charge in [-0.2, -0.15) is 0 Å². The molecule has 1 unspecified atom stereocenters. The van der Waals surface area contributed by atoms with Crippen molar-refractivity contribution in [2.75, 3.05) is 45.0 Å². The average Bonchev–Trinajstić information content (AvgIpc) is 3.55. The van der Waals surface area contributed by atoms with Crippen LogP contribution in [0.15, 0.2) is 24.3 Å². The number of carbonyl (C=O) groups excluding carboxylic acids is 1. The Morgan fingerprint density at radius 3 is 2.39 bits per heavy atom. The number of anilines is 1. The fraction of sp³-hybridized carbons (Fsp3) is 0.462. The highest BCUT2D eigenvalue weighted by atomic mass is 35.5. The van der Waals surface area contributed by atoms with Gasteiger partial charge >= 0.3 is 0 Å². The van der Waals surface area contributed by atoms with E-state index >= 15 is 0 Å². The van der Waals surface area contributed by atoms with Crippen LogP contribution in [0.2, 0.25) is 5.02 Å². The molecule has 1 aromatic heterocycles. The van der Waals surface area contributed by atoms with Crippen molar-refractivity contribution in [1.29, 1.82) is 0 Å². The number of aromatic nitrogens is 1. The minimum absolute atomic E-state index is 0.0845. The van der Waals surface area contributed by atoms with Gasteiger partial charge in [0.05, 0.1) is 49.3 Å². The summed E-state index contributed by atoms with van der Waals surface area (Å²) in [6.07, 6.45) is 1.74. The lowest BCUT2D eigenvalue weighted by molar-refractivity contribution is 0.0916. The molecule has 194 valence electrons. The molecule has 2 aromatic carbocycles. The van der Waals surface area contributed by atoms with Crippen LogP contribution in [0.5, 0.6) is 23.0 Å². The van der Waals surface area contributed by atoms with Crippen molar-refractivity contribution in [3.05, 3.63) is 34.9 Å². The first-order chi connectivity index (χ1) is 17.5. The van der Waals surface area contributed by atoms with Crippen molar-refractivity contribution in [2.45, 2.75) is 39.7 Å². The zero-order valence-corrected chi connectivity index (χ0v) is 22.5. The maximum Gasteiger partial charge on any atom is 0.260 e. The topological polar surface area (TPSA) is 79.4 Å². The molecule has 3 aromatic rings. The maximum atomic E-state index is 14.1. The van der Waals surface area contributed by atoms with Gasteiger partial charge in [-0.3, -0.25) is 9.69 Å². The van der Waals surface area contributed by atoms with Gasteiger partial charge in [0.15, 0.2) is 16.6 Å². The standard InChI is InChI=1S/C26H31ClN2O6S/c1-5-32-20-13-16(14-21(33-6-2)23(20)34-7-3)25(30)29(15-17-9-8-12-35-17)26-28-22-19(31-4)11-10-18(27)24(22)36-26/h10-11,13-14,17H,5-9,12,15H2,1-4H3. The van der Waals surface area contributed by atoms with Crippen LogP contribution in [-0.2, 0) is 4.74 Å². The average molecular weight is 535 g/mol. The van der Waals surface area contributed by atoms with E-state index in [9.17, 15) is 4.79 Å². The SMILES string of the molecule is CCOc1cc(C(=O)N(CC2CCCO2)c2nc3c(OC)ccc(Cl)c3s2)cc(OCC)c1OCC. The monoisotopic (exact) mass is 534 g/mol. The molecule has 0 spiro atoms. The Bertz CT molecular complexity index is 1180. The molecule has 0 bridgehead atoms. The normalized spacial score (nSPS) is 15.2. The van der Waals surface area contributed by atoms with Gasteiger partial charge in [-0.1, -0.05) is 22.9 Å². The second-order valence-electron chi connectivity index (χ2n) is 8.08. The quantitative estimate of drug-likeness (QED) is 0.299. The lowest BCUT2D eigenvalue weighted by Crippen LogP contribution is -2.37. The van der Waals surface area contributed by atoms with Gasteiger partial charge in [0.25, 0.3) is 5.91 Å². The van der Waals surface area contributed by atoms with Gasteiger partial charge in [0.1, 0.15) is 11.3 Å². The van der Waals surface area contributed by atoms with Crippen molar-refractivity contribution in [3.8, 4) is 23.0 Å². The minimum Gasteiger partial charge on any atom is -0.494 e. The Kier molecular flexibility index (Phi) is 8.77. The van der Waals surface area contributed by atoms with Gasteiger partial charge < -0.3 is 23.7 Å². The Morgan fingerprint density at radius 1 is 1.11 bits per heavy atom. The molecule has 36 heavy (non-hydrogen) atoms. The largest absolute Gasteiger partial charge is 0.494 e. The fourth-order valence-electron chi connectivity index (χ4n) is 4.13. The molecule has 1 atom stereocenters. The number of thiazole rings is 1. The second kappa shape index (κ2) is 12.0. The smallest absolute Gasteiger partial charge is 0.260 e. The molecule has 4 rings (SSSR count). The summed E-state index contributed by atoms with van der Waals surface area (Å²) < 4.78 is 29.6. The Labute approximate surface area is 220 Å². The number of hydrogen-bond acceptors (Lipinski definition) is 8. The van der Waals surface area contributed by atoms with Crippen LogP contribution in [-0.4, -0.2) is 57.1 Å². The third kappa shape index (κ3) is 5.48. The summed E-state index contributed by atoms with van der Waals surface area (Å²) >= 11 is 7.82. The van der Waals surface area contributed by atoms with Gasteiger partial charge in [-0.15, -0.1) is 0 Å². The summed E-state index contributed by atoms with van der Waals surface area (Å²) in [5, 5.41) is 1.07. The van der Waals surface area contributed by atoms with Gasteiger partial charge in [-0.05, 0) is 57.9 Å². The molecule has 0 radical (unpaired) electrons. The molecule has 1 aliphatic heterocycles. The molecule has 0 aliphatic carbocycles. The molecule has 10 heteroatoms. The highest BCUT2D eigenvalue weighted by molar-refractivity contribution is 7.23. The Balaban J connectivity index is 1.81. The van der Waals surface area contributed by atoms with Crippen LogP contribution in [0.1, 0.15) is 44.0 Å². The maximum absolute atomic E-state index is 14.1. The van der Waals surface area contributed by atoms with Gasteiger partial charge in [0, 0.05) is 12.2 Å². The van der Waals surface area contributed by atoms with E-state index in [0.29, 0.717) is 77.2 Å². The molecule has 0 saturated carbocycles. The molecule has 0 N–H and O–H groups in total. The number of hydrogen-bond donors (Lipinski definition) is 0. The molecule has 1 aliphatic rings. The number of carbonyl (C=O) groups is 1. The number of ether oxygens (including phenoxy) is 5. The predicted octanol–water partition coefficient (Wildman–Crippen LogP) is 5.98. The Hall–Kier alpha value is -2.75. The summed E-state index contributed by atoms with van der Waals surface area (Å²) in [4.78, 5) is 20.5. The summed E-state index contributed by atoms with van der Waals surface area (Å²) in [6.45, 7) is 7.96. The van der Waals surface area contributed by atoms with E-state index in [2.05, 4.69) is 0 Å². The molecule has 1 saturated heterocycles.